The number of halogens is 1. The minimum Gasteiger partial charge on any atom is -0.313 e. The number of aryl methyl sites for hydroxylation is 1. The van der Waals surface area contributed by atoms with E-state index in [1.165, 1.54) is 23.3 Å². The van der Waals surface area contributed by atoms with Crippen molar-refractivity contribution < 1.29 is 4.39 Å². The molecule has 1 heterocycles. The van der Waals surface area contributed by atoms with Crippen molar-refractivity contribution in [3.63, 3.8) is 0 Å². The summed E-state index contributed by atoms with van der Waals surface area (Å²) in [5.74, 6) is 0.319. The van der Waals surface area contributed by atoms with Crippen molar-refractivity contribution in [2.75, 3.05) is 6.54 Å². The van der Waals surface area contributed by atoms with Crippen LogP contribution in [0.1, 0.15) is 35.6 Å². The lowest BCUT2D eigenvalue weighted by atomic mass is 9.93. The quantitative estimate of drug-likeness (QED) is 0.799. The second-order valence-corrected chi connectivity index (χ2v) is 6.58. The van der Waals surface area contributed by atoms with E-state index >= 15 is 0 Å². The molecule has 0 amide bonds. The van der Waals surface area contributed by atoms with Gasteiger partial charge in [-0.25, -0.2) is 4.39 Å². The molecule has 0 aliphatic heterocycles. The molecule has 0 saturated heterocycles. The molecule has 0 bridgehead atoms. The average Bonchev–Trinajstić information content (AvgIpc) is 3.14. The zero-order valence-electron chi connectivity index (χ0n) is 11.5. The van der Waals surface area contributed by atoms with Gasteiger partial charge >= 0.3 is 0 Å². The van der Waals surface area contributed by atoms with Crippen LogP contribution in [0.3, 0.4) is 0 Å². The molecule has 1 fully saturated rings. The van der Waals surface area contributed by atoms with Crippen LogP contribution in [0.5, 0.6) is 0 Å². The Bertz CT molecular complexity index is 516. The van der Waals surface area contributed by atoms with Crippen molar-refractivity contribution in [3.8, 4) is 0 Å². The van der Waals surface area contributed by atoms with Crippen LogP contribution < -0.4 is 5.32 Å². The van der Waals surface area contributed by atoms with Crippen LogP contribution in [0, 0.1) is 5.82 Å². The normalized spacial score (nSPS) is 16.2. The first-order valence-electron chi connectivity index (χ1n) is 7.32. The number of benzene rings is 1. The second kappa shape index (κ2) is 6.51. The molecule has 0 radical (unpaired) electrons. The summed E-state index contributed by atoms with van der Waals surface area (Å²) in [6.45, 7) is 1.00. The Morgan fingerprint density at radius 1 is 1.20 bits per heavy atom. The predicted molar refractivity (Wildman–Crippen MR) is 82.8 cm³/mol. The molecule has 1 nitrogen and oxygen atoms in total. The molecule has 1 unspecified atom stereocenters. The highest BCUT2D eigenvalue weighted by molar-refractivity contribution is 7.09. The summed E-state index contributed by atoms with van der Waals surface area (Å²) in [5, 5.41) is 5.74. The maximum absolute atomic E-state index is 13.1. The summed E-state index contributed by atoms with van der Waals surface area (Å²) < 4.78 is 13.1. The fourth-order valence-corrected chi connectivity index (χ4v) is 3.21. The summed E-state index contributed by atoms with van der Waals surface area (Å²) in [5.41, 5.74) is 1.25. The summed E-state index contributed by atoms with van der Waals surface area (Å²) in [6, 6.07) is 12.0. The van der Waals surface area contributed by atoms with E-state index < -0.39 is 0 Å². The van der Waals surface area contributed by atoms with E-state index in [1.807, 2.05) is 23.5 Å². The van der Waals surface area contributed by atoms with Gasteiger partial charge in [-0.3, -0.25) is 0 Å². The molecule has 20 heavy (non-hydrogen) atoms. The Kier molecular flexibility index (Phi) is 4.48. The van der Waals surface area contributed by atoms with Crippen molar-refractivity contribution in [2.45, 2.75) is 37.6 Å². The monoisotopic (exact) mass is 289 g/mol. The standard InChI is InChI=1S/C17H20FNS/c18-15-6-3-13(4-7-15)14(12-19-16-8-9-16)5-10-17-2-1-11-20-17/h1-4,6-7,11,14,16,19H,5,8-10,12H2. The van der Waals surface area contributed by atoms with Crippen LogP contribution in [-0.2, 0) is 6.42 Å². The van der Waals surface area contributed by atoms with Gasteiger partial charge in [0.05, 0.1) is 0 Å². The smallest absolute Gasteiger partial charge is 0.123 e. The highest BCUT2D eigenvalue weighted by Crippen LogP contribution is 2.25. The Hall–Kier alpha value is -1.19. The Morgan fingerprint density at radius 2 is 2.00 bits per heavy atom. The summed E-state index contributed by atoms with van der Waals surface area (Å²) in [4.78, 5) is 1.43. The molecule has 106 valence electrons. The number of hydrogen-bond donors (Lipinski definition) is 1. The first-order chi connectivity index (χ1) is 9.81. The third kappa shape index (κ3) is 3.90. The minimum absolute atomic E-state index is 0.152. The van der Waals surface area contributed by atoms with Gasteiger partial charge < -0.3 is 5.32 Å². The lowest BCUT2D eigenvalue weighted by Crippen LogP contribution is -2.24. The molecule has 1 aliphatic rings. The van der Waals surface area contributed by atoms with Crippen molar-refractivity contribution in [2.24, 2.45) is 0 Å². The van der Waals surface area contributed by atoms with E-state index in [2.05, 4.69) is 22.8 Å². The zero-order chi connectivity index (χ0) is 13.8. The molecule has 1 aromatic carbocycles. The highest BCUT2D eigenvalue weighted by Gasteiger charge is 2.22. The molecule has 3 heteroatoms. The summed E-state index contributed by atoms with van der Waals surface area (Å²) >= 11 is 1.82. The van der Waals surface area contributed by atoms with E-state index in [0.29, 0.717) is 5.92 Å². The highest BCUT2D eigenvalue weighted by atomic mass is 32.1. The van der Waals surface area contributed by atoms with Gasteiger partial charge in [0.25, 0.3) is 0 Å². The Morgan fingerprint density at radius 3 is 2.65 bits per heavy atom. The minimum atomic E-state index is -0.152. The van der Waals surface area contributed by atoms with Crippen LogP contribution in [-0.4, -0.2) is 12.6 Å². The molecular formula is C17H20FNS. The molecule has 1 saturated carbocycles. The summed E-state index contributed by atoms with van der Waals surface area (Å²) in [7, 11) is 0. The van der Waals surface area contributed by atoms with E-state index in [0.717, 1.165) is 25.4 Å². The maximum Gasteiger partial charge on any atom is 0.123 e. The number of nitrogens with one attached hydrogen (secondary N) is 1. The third-order valence-electron chi connectivity index (χ3n) is 3.89. The van der Waals surface area contributed by atoms with Crippen molar-refractivity contribution in [3.05, 3.63) is 58.0 Å². The van der Waals surface area contributed by atoms with Gasteiger partial charge in [0.15, 0.2) is 0 Å². The molecule has 1 atom stereocenters. The SMILES string of the molecule is Fc1ccc(C(CCc2cccs2)CNC2CC2)cc1. The van der Waals surface area contributed by atoms with E-state index in [-0.39, 0.29) is 5.82 Å². The Labute approximate surface area is 123 Å². The number of thiophene rings is 1. The second-order valence-electron chi connectivity index (χ2n) is 5.55. The van der Waals surface area contributed by atoms with Crippen LogP contribution in [0.25, 0.3) is 0 Å². The van der Waals surface area contributed by atoms with Gasteiger partial charge in [-0.15, -0.1) is 11.3 Å². The zero-order valence-corrected chi connectivity index (χ0v) is 12.3. The van der Waals surface area contributed by atoms with Crippen LogP contribution in [0.4, 0.5) is 4.39 Å². The number of hydrogen-bond acceptors (Lipinski definition) is 2. The Balaban J connectivity index is 1.63. The number of rotatable bonds is 7. The van der Waals surface area contributed by atoms with Crippen molar-refractivity contribution in [1.29, 1.82) is 0 Å². The van der Waals surface area contributed by atoms with Crippen LogP contribution in [0.15, 0.2) is 41.8 Å². The molecule has 2 aromatic rings. The van der Waals surface area contributed by atoms with Gasteiger partial charge in [-0.1, -0.05) is 18.2 Å². The van der Waals surface area contributed by atoms with Gasteiger partial charge in [-0.2, -0.15) is 0 Å². The van der Waals surface area contributed by atoms with Crippen LogP contribution in [0.2, 0.25) is 0 Å². The summed E-state index contributed by atoms with van der Waals surface area (Å²) in [6.07, 6.45) is 4.83. The predicted octanol–water partition coefficient (Wildman–Crippen LogP) is 4.36. The fraction of sp³-hybridized carbons (Fsp3) is 0.412. The van der Waals surface area contributed by atoms with E-state index in [1.54, 1.807) is 12.1 Å². The van der Waals surface area contributed by atoms with Crippen molar-refractivity contribution >= 4 is 11.3 Å². The maximum atomic E-state index is 13.1. The van der Waals surface area contributed by atoms with Crippen LogP contribution >= 0.6 is 11.3 Å². The lowest BCUT2D eigenvalue weighted by molar-refractivity contribution is 0.547. The molecule has 1 aliphatic carbocycles. The molecule has 3 rings (SSSR count). The molecule has 0 spiro atoms. The topological polar surface area (TPSA) is 12.0 Å². The van der Waals surface area contributed by atoms with Gasteiger partial charge in [0.1, 0.15) is 5.82 Å². The molecule has 1 aromatic heterocycles. The lowest BCUT2D eigenvalue weighted by Gasteiger charge is -2.18. The van der Waals surface area contributed by atoms with Gasteiger partial charge in [0, 0.05) is 17.5 Å². The van der Waals surface area contributed by atoms with Crippen molar-refractivity contribution in [1.82, 2.24) is 5.32 Å². The first kappa shape index (κ1) is 13.8. The van der Waals surface area contributed by atoms with E-state index in [4.69, 9.17) is 0 Å². The fourth-order valence-electron chi connectivity index (χ4n) is 2.49. The van der Waals surface area contributed by atoms with Gasteiger partial charge in [0.2, 0.25) is 0 Å². The average molecular weight is 289 g/mol. The first-order valence-corrected chi connectivity index (χ1v) is 8.20. The largest absolute Gasteiger partial charge is 0.313 e. The third-order valence-corrected chi connectivity index (χ3v) is 4.83. The van der Waals surface area contributed by atoms with Gasteiger partial charge in [-0.05, 0) is 60.7 Å². The molecule has 1 N–H and O–H groups in total. The van der Waals surface area contributed by atoms with E-state index in [9.17, 15) is 4.39 Å². The molecular weight excluding hydrogens is 269 g/mol.